The molecular weight excluding hydrogens is 252 g/mol. The molecule has 0 aliphatic rings. The van der Waals surface area contributed by atoms with Crippen molar-refractivity contribution in [2.24, 2.45) is 5.92 Å². The molecule has 1 aromatic rings. The van der Waals surface area contributed by atoms with Gasteiger partial charge >= 0.3 is 5.97 Å². The number of rotatable bonds is 5. The first-order valence-electron chi connectivity index (χ1n) is 5.61. The molecule has 8 heteroatoms. The van der Waals surface area contributed by atoms with Crippen LogP contribution < -0.4 is 11.1 Å². The SMILES string of the molecule is COC(=O)C(Nc1cc([N+](=O)[O-])cc(N)n1)C(C)C. The van der Waals surface area contributed by atoms with Crippen LogP contribution in [0.1, 0.15) is 13.8 Å². The summed E-state index contributed by atoms with van der Waals surface area (Å²) >= 11 is 0. The molecule has 104 valence electrons. The van der Waals surface area contributed by atoms with Crippen LogP contribution in [0.15, 0.2) is 12.1 Å². The molecule has 1 unspecified atom stereocenters. The highest BCUT2D eigenvalue weighted by Crippen LogP contribution is 2.20. The van der Waals surface area contributed by atoms with E-state index in [1.807, 2.05) is 13.8 Å². The van der Waals surface area contributed by atoms with E-state index in [9.17, 15) is 14.9 Å². The molecule has 1 atom stereocenters. The van der Waals surface area contributed by atoms with Crippen molar-refractivity contribution >= 4 is 23.3 Å². The standard InChI is InChI=1S/C11H16N4O4/c1-6(2)10(11(16)19-3)14-9-5-7(15(17)18)4-8(12)13-9/h4-6,10H,1-3H3,(H3,12,13,14). The maximum atomic E-state index is 11.6. The van der Waals surface area contributed by atoms with Gasteiger partial charge in [-0.2, -0.15) is 0 Å². The van der Waals surface area contributed by atoms with Crippen LogP contribution in [-0.2, 0) is 9.53 Å². The van der Waals surface area contributed by atoms with Crippen molar-refractivity contribution in [2.75, 3.05) is 18.2 Å². The predicted molar refractivity (Wildman–Crippen MR) is 69.6 cm³/mol. The Morgan fingerprint density at radius 2 is 2.16 bits per heavy atom. The number of carbonyl (C=O) groups excluding carboxylic acids is 1. The number of hydrogen-bond acceptors (Lipinski definition) is 7. The van der Waals surface area contributed by atoms with Crippen molar-refractivity contribution in [3.05, 3.63) is 22.2 Å². The first-order chi connectivity index (χ1) is 8.85. The zero-order valence-corrected chi connectivity index (χ0v) is 10.9. The topological polar surface area (TPSA) is 120 Å². The number of nitrogens with two attached hydrogens (primary N) is 1. The number of carbonyl (C=O) groups is 1. The van der Waals surface area contributed by atoms with Gasteiger partial charge in [0.1, 0.15) is 17.7 Å². The van der Waals surface area contributed by atoms with Crippen molar-refractivity contribution < 1.29 is 14.5 Å². The van der Waals surface area contributed by atoms with E-state index in [1.54, 1.807) is 0 Å². The van der Waals surface area contributed by atoms with Gasteiger partial charge in [0.05, 0.1) is 24.2 Å². The number of methoxy groups -OCH3 is 1. The highest BCUT2D eigenvalue weighted by molar-refractivity contribution is 5.79. The van der Waals surface area contributed by atoms with Gasteiger partial charge in [-0.05, 0) is 5.92 Å². The fraction of sp³-hybridized carbons (Fsp3) is 0.455. The number of nitrogens with zero attached hydrogens (tertiary/aromatic N) is 2. The summed E-state index contributed by atoms with van der Waals surface area (Å²) in [5, 5.41) is 13.5. The van der Waals surface area contributed by atoms with E-state index in [2.05, 4.69) is 15.0 Å². The van der Waals surface area contributed by atoms with Gasteiger partial charge in [0.15, 0.2) is 0 Å². The van der Waals surface area contributed by atoms with Gasteiger partial charge in [0.25, 0.3) is 5.69 Å². The van der Waals surface area contributed by atoms with Crippen LogP contribution in [0.2, 0.25) is 0 Å². The second-order valence-electron chi connectivity index (χ2n) is 4.28. The first kappa shape index (κ1) is 14.7. The van der Waals surface area contributed by atoms with Gasteiger partial charge in [-0.3, -0.25) is 10.1 Å². The second kappa shape index (κ2) is 5.98. The van der Waals surface area contributed by atoms with E-state index in [4.69, 9.17) is 5.73 Å². The number of nitro groups is 1. The minimum atomic E-state index is -0.654. The Hall–Kier alpha value is -2.38. The summed E-state index contributed by atoms with van der Waals surface area (Å²) in [4.78, 5) is 25.6. The smallest absolute Gasteiger partial charge is 0.328 e. The number of esters is 1. The molecule has 0 bridgehead atoms. The molecule has 1 rings (SSSR count). The fourth-order valence-electron chi connectivity index (χ4n) is 1.50. The van der Waals surface area contributed by atoms with Crippen LogP contribution in [0.4, 0.5) is 17.3 Å². The quantitative estimate of drug-likeness (QED) is 0.467. The molecule has 3 N–H and O–H groups in total. The first-order valence-corrected chi connectivity index (χ1v) is 5.61. The largest absolute Gasteiger partial charge is 0.467 e. The number of nitrogen functional groups attached to an aromatic ring is 1. The molecule has 0 spiro atoms. The van der Waals surface area contributed by atoms with E-state index >= 15 is 0 Å². The number of pyridine rings is 1. The highest BCUT2D eigenvalue weighted by atomic mass is 16.6. The lowest BCUT2D eigenvalue weighted by Crippen LogP contribution is -2.35. The van der Waals surface area contributed by atoms with Crippen LogP contribution in [0.5, 0.6) is 0 Å². The molecule has 0 saturated heterocycles. The summed E-state index contributed by atoms with van der Waals surface area (Å²) in [5.74, 6) is -0.378. The Balaban J connectivity index is 3.02. The Morgan fingerprint density at radius 1 is 1.53 bits per heavy atom. The fourth-order valence-corrected chi connectivity index (χ4v) is 1.50. The maximum absolute atomic E-state index is 11.6. The summed E-state index contributed by atoms with van der Waals surface area (Å²) in [6.07, 6.45) is 0. The van der Waals surface area contributed by atoms with Crippen molar-refractivity contribution in [3.8, 4) is 0 Å². The lowest BCUT2D eigenvalue weighted by atomic mass is 10.0. The third kappa shape index (κ3) is 3.80. The minimum Gasteiger partial charge on any atom is -0.467 e. The summed E-state index contributed by atoms with van der Waals surface area (Å²) in [5.41, 5.74) is 5.29. The van der Waals surface area contributed by atoms with E-state index in [0.717, 1.165) is 6.07 Å². The lowest BCUT2D eigenvalue weighted by molar-refractivity contribution is -0.384. The minimum absolute atomic E-state index is 0.00377. The second-order valence-corrected chi connectivity index (χ2v) is 4.28. The average Bonchev–Trinajstić information content (AvgIpc) is 2.34. The number of anilines is 2. The number of hydrogen-bond donors (Lipinski definition) is 2. The molecule has 1 aromatic heterocycles. The van der Waals surface area contributed by atoms with Gasteiger partial charge in [-0.15, -0.1) is 0 Å². The van der Waals surface area contributed by atoms with E-state index < -0.39 is 16.9 Å². The van der Waals surface area contributed by atoms with Crippen LogP contribution >= 0.6 is 0 Å². The molecule has 0 aliphatic heterocycles. The zero-order valence-electron chi connectivity index (χ0n) is 10.9. The molecule has 1 heterocycles. The van der Waals surface area contributed by atoms with Crippen molar-refractivity contribution in [1.82, 2.24) is 4.98 Å². The van der Waals surface area contributed by atoms with Crippen molar-refractivity contribution in [1.29, 1.82) is 0 Å². The van der Waals surface area contributed by atoms with Crippen LogP contribution in [0.3, 0.4) is 0 Å². The normalized spacial score (nSPS) is 12.0. The van der Waals surface area contributed by atoms with Gasteiger partial charge in [0, 0.05) is 0 Å². The molecule has 0 amide bonds. The summed E-state index contributed by atoms with van der Waals surface area (Å²) in [6.45, 7) is 3.63. The number of aromatic nitrogens is 1. The summed E-state index contributed by atoms with van der Waals surface area (Å²) in [6, 6.07) is 1.71. The summed E-state index contributed by atoms with van der Waals surface area (Å²) < 4.78 is 4.66. The third-order valence-electron chi connectivity index (χ3n) is 2.47. The number of nitrogens with one attached hydrogen (secondary N) is 1. The summed E-state index contributed by atoms with van der Waals surface area (Å²) in [7, 11) is 1.27. The molecule has 0 saturated carbocycles. The highest BCUT2D eigenvalue weighted by Gasteiger charge is 2.24. The molecule has 19 heavy (non-hydrogen) atoms. The van der Waals surface area contributed by atoms with Crippen LogP contribution in [-0.4, -0.2) is 29.0 Å². The maximum Gasteiger partial charge on any atom is 0.328 e. The van der Waals surface area contributed by atoms with E-state index in [1.165, 1.54) is 13.2 Å². The third-order valence-corrected chi connectivity index (χ3v) is 2.47. The Morgan fingerprint density at radius 3 is 2.63 bits per heavy atom. The van der Waals surface area contributed by atoms with E-state index in [0.29, 0.717) is 0 Å². The molecule has 8 nitrogen and oxygen atoms in total. The van der Waals surface area contributed by atoms with Gasteiger partial charge in [0.2, 0.25) is 0 Å². The monoisotopic (exact) mass is 268 g/mol. The number of ether oxygens (including phenoxy) is 1. The zero-order chi connectivity index (χ0) is 14.6. The Labute approximate surface area is 110 Å². The molecule has 0 aromatic carbocycles. The molecule has 0 aliphatic carbocycles. The van der Waals surface area contributed by atoms with Gasteiger partial charge in [-0.1, -0.05) is 13.8 Å². The van der Waals surface area contributed by atoms with Crippen molar-refractivity contribution in [2.45, 2.75) is 19.9 Å². The Bertz CT molecular complexity index is 490. The average molecular weight is 268 g/mol. The lowest BCUT2D eigenvalue weighted by Gasteiger charge is -2.20. The Kier molecular flexibility index (Phi) is 4.62. The van der Waals surface area contributed by atoms with Crippen molar-refractivity contribution in [3.63, 3.8) is 0 Å². The van der Waals surface area contributed by atoms with Gasteiger partial charge in [-0.25, -0.2) is 9.78 Å². The molecular formula is C11H16N4O4. The predicted octanol–water partition coefficient (Wildman–Crippen LogP) is 1.18. The van der Waals surface area contributed by atoms with Crippen LogP contribution in [0.25, 0.3) is 0 Å². The van der Waals surface area contributed by atoms with Gasteiger partial charge < -0.3 is 15.8 Å². The molecule has 0 fully saturated rings. The molecule has 0 radical (unpaired) electrons. The van der Waals surface area contributed by atoms with Crippen LogP contribution in [0, 0.1) is 16.0 Å². The van der Waals surface area contributed by atoms with E-state index in [-0.39, 0.29) is 23.2 Å².